The molecule has 5 heteroatoms. The summed E-state index contributed by atoms with van der Waals surface area (Å²) in [6, 6.07) is 15.0. The Morgan fingerprint density at radius 2 is 1.84 bits per heavy atom. The lowest BCUT2D eigenvalue weighted by Crippen LogP contribution is -2.38. The number of carbonyl (C=O) groups excluding carboxylic acids is 2. The Morgan fingerprint density at radius 3 is 2.56 bits per heavy atom. The largest absolute Gasteiger partial charge is 0.490 e. The van der Waals surface area contributed by atoms with Gasteiger partial charge >= 0.3 is 0 Å². The van der Waals surface area contributed by atoms with Gasteiger partial charge in [0.1, 0.15) is 5.75 Å². The van der Waals surface area contributed by atoms with Crippen LogP contribution in [-0.4, -0.2) is 17.8 Å². The van der Waals surface area contributed by atoms with Crippen LogP contribution in [0.1, 0.15) is 65.5 Å². The fourth-order valence-corrected chi connectivity index (χ4v) is 4.74. The molecule has 0 radical (unpaired) electrons. The minimum atomic E-state index is -0.553. The van der Waals surface area contributed by atoms with Crippen molar-refractivity contribution in [1.82, 2.24) is 0 Å². The molecular weight excluding hydrogens is 400 g/mol. The Labute approximate surface area is 190 Å². The lowest BCUT2D eigenvalue weighted by molar-refractivity contribution is -0.118. The third kappa shape index (κ3) is 4.04. The number of allylic oxidation sites excluding steroid dienone is 1. The number of nitrogens with zero attached hydrogens (tertiary/aromatic N) is 1. The van der Waals surface area contributed by atoms with Crippen molar-refractivity contribution < 1.29 is 14.3 Å². The molecule has 32 heavy (non-hydrogen) atoms. The summed E-state index contributed by atoms with van der Waals surface area (Å²) in [6.07, 6.45) is 2.06. The molecule has 0 aromatic heterocycles. The van der Waals surface area contributed by atoms with E-state index in [1.54, 1.807) is 11.8 Å². The highest BCUT2D eigenvalue weighted by Gasteiger charge is 2.43. The number of hydrogen-bond donors (Lipinski definition) is 1. The van der Waals surface area contributed by atoms with Crippen molar-refractivity contribution in [3.8, 4) is 5.75 Å². The summed E-state index contributed by atoms with van der Waals surface area (Å²) in [5.74, 6) is 0.669. The molecule has 0 unspecified atom stereocenters. The molecule has 1 amide bonds. The van der Waals surface area contributed by atoms with Crippen LogP contribution in [0, 0.1) is 5.41 Å². The van der Waals surface area contributed by atoms with Crippen LogP contribution in [0.15, 0.2) is 59.8 Å². The summed E-state index contributed by atoms with van der Waals surface area (Å²) in [7, 11) is 0. The van der Waals surface area contributed by atoms with E-state index in [1.165, 1.54) is 0 Å². The second kappa shape index (κ2) is 8.45. The van der Waals surface area contributed by atoms with Gasteiger partial charge in [0.15, 0.2) is 5.78 Å². The minimum Gasteiger partial charge on any atom is -0.490 e. The van der Waals surface area contributed by atoms with Crippen LogP contribution in [-0.2, 0) is 9.59 Å². The Bertz CT molecular complexity index is 1090. The fourth-order valence-electron chi connectivity index (χ4n) is 4.74. The Kier molecular flexibility index (Phi) is 5.85. The molecule has 0 saturated heterocycles. The highest BCUT2D eigenvalue weighted by atomic mass is 16.5. The number of carbonyl (C=O) groups is 2. The lowest BCUT2D eigenvalue weighted by atomic mass is 9.73. The quantitative estimate of drug-likeness (QED) is 0.641. The number of benzene rings is 2. The Balaban J connectivity index is 1.99. The van der Waals surface area contributed by atoms with Crippen molar-refractivity contribution >= 4 is 23.1 Å². The van der Waals surface area contributed by atoms with E-state index in [0.29, 0.717) is 17.7 Å². The smallest absolute Gasteiger partial charge is 0.224 e. The van der Waals surface area contributed by atoms with Crippen LogP contribution in [0.25, 0.3) is 0 Å². The van der Waals surface area contributed by atoms with E-state index in [2.05, 4.69) is 26.1 Å². The number of ketones is 1. The molecule has 2 atom stereocenters. The molecule has 2 aliphatic rings. The third-order valence-corrected chi connectivity index (χ3v) is 6.36. The van der Waals surface area contributed by atoms with Crippen LogP contribution in [0.3, 0.4) is 0 Å². The number of para-hydroxylation sites is 3. The minimum absolute atomic E-state index is 0.0209. The first-order valence-corrected chi connectivity index (χ1v) is 11.4. The number of ether oxygens (including phenoxy) is 1. The van der Waals surface area contributed by atoms with Gasteiger partial charge < -0.3 is 10.1 Å². The molecule has 5 nitrogen and oxygen atoms in total. The summed E-state index contributed by atoms with van der Waals surface area (Å²) in [6.45, 7) is 9.90. The van der Waals surface area contributed by atoms with Gasteiger partial charge in [-0.05, 0) is 43.4 Å². The maximum Gasteiger partial charge on any atom is 0.224 e. The van der Waals surface area contributed by atoms with Gasteiger partial charge in [-0.25, -0.2) is 0 Å². The fraction of sp³-hybridized carbons (Fsp3) is 0.407. The maximum atomic E-state index is 13.6. The van der Waals surface area contributed by atoms with Gasteiger partial charge in [-0.2, -0.15) is 0 Å². The molecule has 0 bridgehead atoms. The number of nitrogens with one attached hydrogen (secondary N) is 1. The molecular formula is C27H32N2O3. The van der Waals surface area contributed by atoms with Gasteiger partial charge in [0, 0.05) is 30.2 Å². The van der Waals surface area contributed by atoms with E-state index < -0.39 is 6.04 Å². The molecule has 1 aliphatic heterocycles. The summed E-state index contributed by atoms with van der Waals surface area (Å²) >= 11 is 0. The molecule has 2 aromatic carbocycles. The van der Waals surface area contributed by atoms with Gasteiger partial charge in [-0.3, -0.25) is 14.5 Å². The van der Waals surface area contributed by atoms with Crippen molar-refractivity contribution in [2.45, 2.75) is 66.0 Å². The normalized spacial score (nSPS) is 20.6. The molecule has 0 fully saturated rings. The molecule has 1 N–H and O–H groups in total. The predicted molar refractivity (Wildman–Crippen MR) is 128 cm³/mol. The van der Waals surface area contributed by atoms with Crippen molar-refractivity contribution in [1.29, 1.82) is 0 Å². The Morgan fingerprint density at radius 1 is 1.16 bits per heavy atom. The van der Waals surface area contributed by atoms with Crippen LogP contribution in [0.5, 0.6) is 5.75 Å². The summed E-state index contributed by atoms with van der Waals surface area (Å²) in [5, 5.41) is 3.53. The van der Waals surface area contributed by atoms with Crippen LogP contribution >= 0.6 is 0 Å². The topological polar surface area (TPSA) is 58.6 Å². The number of fused-ring (bicyclic) bond motifs is 1. The van der Waals surface area contributed by atoms with Crippen molar-refractivity contribution in [2.24, 2.45) is 5.41 Å². The maximum absolute atomic E-state index is 13.6. The van der Waals surface area contributed by atoms with E-state index >= 15 is 0 Å². The van der Waals surface area contributed by atoms with E-state index in [4.69, 9.17) is 4.74 Å². The average molecular weight is 433 g/mol. The molecule has 168 valence electrons. The molecule has 1 heterocycles. The molecule has 2 aromatic rings. The summed E-state index contributed by atoms with van der Waals surface area (Å²) < 4.78 is 6.27. The SMILES string of the molecule is CC[C@H](C)Oc1ccccc1[C@H]1C2=C(CC(C)(C)CC2=O)Nc2ccccc2N1C(C)=O. The number of rotatable bonds is 4. The third-order valence-electron chi connectivity index (χ3n) is 6.36. The van der Waals surface area contributed by atoms with Crippen molar-refractivity contribution in [3.05, 3.63) is 65.4 Å². The second-order valence-corrected chi connectivity index (χ2v) is 9.64. The first-order valence-electron chi connectivity index (χ1n) is 11.4. The average Bonchev–Trinajstić information content (AvgIpc) is 2.87. The van der Waals surface area contributed by atoms with E-state index in [-0.39, 0.29) is 23.2 Å². The summed E-state index contributed by atoms with van der Waals surface area (Å²) in [4.78, 5) is 28.5. The number of amides is 1. The zero-order valence-corrected chi connectivity index (χ0v) is 19.6. The lowest BCUT2D eigenvalue weighted by Gasteiger charge is -2.37. The van der Waals surface area contributed by atoms with E-state index in [9.17, 15) is 9.59 Å². The summed E-state index contributed by atoms with van der Waals surface area (Å²) in [5.41, 5.74) is 3.84. The van der Waals surface area contributed by atoms with E-state index in [0.717, 1.165) is 35.5 Å². The molecule has 0 saturated carbocycles. The monoisotopic (exact) mass is 432 g/mol. The van der Waals surface area contributed by atoms with Crippen LogP contribution < -0.4 is 15.0 Å². The zero-order valence-electron chi connectivity index (χ0n) is 19.6. The van der Waals surface area contributed by atoms with Crippen LogP contribution in [0.4, 0.5) is 11.4 Å². The molecule has 4 rings (SSSR count). The Hall–Kier alpha value is -3.08. The second-order valence-electron chi connectivity index (χ2n) is 9.64. The van der Waals surface area contributed by atoms with Crippen LogP contribution in [0.2, 0.25) is 0 Å². The highest BCUT2D eigenvalue weighted by molar-refractivity contribution is 6.06. The standard InChI is InChI=1S/C27H32N2O3/c1-6-17(2)32-24-14-10-7-11-19(24)26-25-21(15-27(4,5)16-23(25)31)28-20-12-8-9-13-22(20)29(26)18(3)30/h7-14,17,26,28H,6,15-16H2,1-5H3/t17-,26-/m0/s1. The zero-order chi connectivity index (χ0) is 23.0. The predicted octanol–water partition coefficient (Wildman–Crippen LogP) is 6.03. The van der Waals surface area contributed by atoms with Gasteiger partial charge in [-0.15, -0.1) is 0 Å². The van der Waals surface area contributed by atoms with Gasteiger partial charge in [0.2, 0.25) is 5.91 Å². The number of hydrogen-bond acceptors (Lipinski definition) is 4. The first-order chi connectivity index (χ1) is 15.2. The van der Waals surface area contributed by atoms with E-state index in [1.807, 2.05) is 55.5 Å². The number of Topliss-reactive ketones (excluding diaryl/α,β-unsaturated/α-hetero) is 1. The number of anilines is 2. The van der Waals surface area contributed by atoms with Crippen molar-refractivity contribution in [2.75, 3.05) is 10.2 Å². The molecule has 0 spiro atoms. The first kappa shape index (κ1) is 22.1. The van der Waals surface area contributed by atoms with Crippen molar-refractivity contribution in [3.63, 3.8) is 0 Å². The van der Waals surface area contributed by atoms with Gasteiger partial charge in [0.25, 0.3) is 0 Å². The van der Waals surface area contributed by atoms with Gasteiger partial charge in [0.05, 0.1) is 23.5 Å². The highest BCUT2D eigenvalue weighted by Crippen LogP contribution is 2.49. The van der Waals surface area contributed by atoms with Gasteiger partial charge in [-0.1, -0.05) is 51.1 Å². The molecule has 1 aliphatic carbocycles.